The fourth-order valence-electron chi connectivity index (χ4n) is 4.51. The number of hydrogen-bond donors (Lipinski definition) is 1. The molecule has 0 bridgehead atoms. The average molecular weight is 447 g/mol. The van der Waals surface area contributed by atoms with Crippen LogP contribution in [-0.4, -0.2) is 40.2 Å². The van der Waals surface area contributed by atoms with Gasteiger partial charge in [0.05, 0.1) is 24.5 Å². The molecule has 1 N–H and O–H groups in total. The van der Waals surface area contributed by atoms with Crippen LogP contribution in [0.3, 0.4) is 0 Å². The van der Waals surface area contributed by atoms with Crippen LogP contribution in [0.2, 0.25) is 0 Å². The lowest BCUT2D eigenvalue weighted by Crippen LogP contribution is -2.40. The van der Waals surface area contributed by atoms with Crippen LogP contribution in [0.25, 0.3) is 6.08 Å². The van der Waals surface area contributed by atoms with E-state index < -0.39 is 0 Å². The highest BCUT2D eigenvalue weighted by atomic mass is 16.3. The van der Waals surface area contributed by atoms with Gasteiger partial charge in [0.1, 0.15) is 5.76 Å². The number of furan rings is 1. The van der Waals surface area contributed by atoms with Crippen molar-refractivity contribution >= 4 is 12.0 Å². The average Bonchev–Trinajstić information content (AvgIpc) is 3.44. The van der Waals surface area contributed by atoms with E-state index in [0.717, 1.165) is 35.8 Å². The van der Waals surface area contributed by atoms with Gasteiger partial charge in [-0.2, -0.15) is 5.10 Å². The second-order valence-electron chi connectivity index (χ2n) is 8.93. The number of carbonyl (C=O) groups is 1. The predicted octanol–water partition coefficient (Wildman–Crippen LogP) is 4.81. The Balaban J connectivity index is 1.39. The molecule has 0 saturated carbocycles. The molecular formula is C27H34N4O2. The minimum Gasteiger partial charge on any atom is -0.468 e. The molecule has 0 spiro atoms. The molecule has 0 radical (unpaired) electrons. The third-order valence-electron chi connectivity index (χ3n) is 6.46. The van der Waals surface area contributed by atoms with Gasteiger partial charge in [0.25, 0.3) is 0 Å². The van der Waals surface area contributed by atoms with Gasteiger partial charge < -0.3 is 9.73 Å². The quantitative estimate of drug-likeness (QED) is 0.505. The lowest BCUT2D eigenvalue weighted by atomic mass is 10.1. The number of benzene rings is 1. The molecular weight excluding hydrogens is 412 g/mol. The third kappa shape index (κ3) is 5.82. The van der Waals surface area contributed by atoms with E-state index in [1.807, 2.05) is 29.8 Å². The van der Waals surface area contributed by atoms with E-state index in [0.29, 0.717) is 13.1 Å². The summed E-state index contributed by atoms with van der Waals surface area (Å²) in [5.74, 6) is 0.805. The molecule has 3 heterocycles. The zero-order chi connectivity index (χ0) is 23.2. The summed E-state index contributed by atoms with van der Waals surface area (Å²) in [4.78, 5) is 15.1. The van der Waals surface area contributed by atoms with Gasteiger partial charge in [-0.25, -0.2) is 0 Å². The van der Waals surface area contributed by atoms with Crippen molar-refractivity contribution in [1.29, 1.82) is 0 Å². The van der Waals surface area contributed by atoms with Crippen LogP contribution in [0.4, 0.5) is 0 Å². The molecule has 174 valence electrons. The van der Waals surface area contributed by atoms with Crippen molar-refractivity contribution in [2.24, 2.45) is 0 Å². The van der Waals surface area contributed by atoms with Crippen LogP contribution < -0.4 is 5.32 Å². The van der Waals surface area contributed by atoms with Gasteiger partial charge in [0, 0.05) is 23.9 Å². The molecule has 0 aliphatic carbocycles. The Morgan fingerprint density at radius 2 is 1.88 bits per heavy atom. The largest absolute Gasteiger partial charge is 0.468 e. The molecule has 1 aliphatic rings. The van der Waals surface area contributed by atoms with Crippen LogP contribution in [0.5, 0.6) is 0 Å². The standard InChI is InChI=1S/C27H34N4O2/c1-20-9-11-23(12-10-20)19-31-22(3)24(21(2)29-31)13-14-27(32)28-18-25(26-8-7-17-33-26)30-15-5-4-6-16-30/h7-14,17,25H,4-6,15-16,18-19H2,1-3H3,(H,28,32)/b14-13+. The first-order chi connectivity index (χ1) is 16.0. The van der Waals surface area contributed by atoms with E-state index in [-0.39, 0.29) is 11.9 Å². The summed E-state index contributed by atoms with van der Waals surface area (Å²) >= 11 is 0. The minimum absolute atomic E-state index is 0.0679. The molecule has 1 aliphatic heterocycles. The maximum absolute atomic E-state index is 12.7. The summed E-state index contributed by atoms with van der Waals surface area (Å²) in [6, 6.07) is 12.5. The van der Waals surface area contributed by atoms with Gasteiger partial charge in [-0.1, -0.05) is 36.2 Å². The molecule has 1 amide bonds. The van der Waals surface area contributed by atoms with Gasteiger partial charge in [0.15, 0.2) is 0 Å². The van der Waals surface area contributed by atoms with E-state index in [1.54, 1.807) is 12.3 Å². The van der Waals surface area contributed by atoms with Gasteiger partial charge in [-0.05, 0) is 70.5 Å². The number of nitrogens with one attached hydrogen (secondary N) is 1. The number of aromatic nitrogens is 2. The monoisotopic (exact) mass is 446 g/mol. The molecule has 3 aromatic rings. The topological polar surface area (TPSA) is 63.3 Å². The molecule has 2 aromatic heterocycles. The van der Waals surface area contributed by atoms with Crippen molar-refractivity contribution in [2.75, 3.05) is 19.6 Å². The summed E-state index contributed by atoms with van der Waals surface area (Å²) in [5, 5.41) is 7.76. The molecule has 6 heteroatoms. The van der Waals surface area contributed by atoms with Crippen LogP contribution in [0.1, 0.15) is 59.1 Å². The zero-order valence-electron chi connectivity index (χ0n) is 19.9. The van der Waals surface area contributed by atoms with Crippen molar-refractivity contribution in [3.05, 3.63) is 82.6 Å². The highest BCUT2D eigenvalue weighted by Gasteiger charge is 2.24. The van der Waals surface area contributed by atoms with E-state index in [9.17, 15) is 4.79 Å². The first-order valence-corrected chi connectivity index (χ1v) is 11.8. The van der Waals surface area contributed by atoms with Gasteiger partial charge >= 0.3 is 0 Å². The Kier molecular flexibility index (Phi) is 7.45. The lowest BCUT2D eigenvalue weighted by molar-refractivity contribution is -0.116. The molecule has 4 rings (SSSR count). The second kappa shape index (κ2) is 10.7. The second-order valence-corrected chi connectivity index (χ2v) is 8.93. The van der Waals surface area contributed by atoms with Crippen LogP contribution in [0.15, 0.2) is 53.2 Å². The Bertz CT molecular complexity index is 1070. The number of piperidine rings is 1. The highest BCUT2D eigenvalue weighted by Crippen LogP contribution is 2.24. The van der Waals surface area contributed by atoms with Crippen LogP contribution in [0, 0.1) is 20.8 Å². The van der Waals surface area contributed by atoms with Crippen molar-refractivity contribution in [3.8, 4) is 0 Å². The van der Waals surface area contributed by atoms with Gasteiger partial charge in [-0.3, -0.25) is 14.4 Å². The molecule has 1 aromatic carbocycles. The van der Waals surface area contributed by atoms with Crippen molar-refractivity contribution in [3.63, 3.8) is 0 Å². The Morgan fingerprint density at radius 3 is 2.58 bits per heavy atom. The van der Waals surface area contributed by atoms with E-state index >= 15 is 0 Å². The number of likely N-dealkylation sites (tertiary alicyclic amines) is 1. The molecule has 1 unspecified atom stereocenters. The Morgan fingerprint density at radius 1 is 1.12 bits per heavy atom. The van der Waals surface area contributed by atoms with Crippen LogP contribution >= 0.6 is 0 Å². The fourth-order valence-corrected chi connectivity index (χ4v) is 4.51. The summed E-state index contributed by atoms with van der Waals surface area (Å²) in [5.41, 5.74) is 5.43. The summed E-state index contributed by atoms with van der Waals surface area (Å²) < 4.78 is 7.68. The maximum Gasteiger partial charge on any atom is 0.244 e. The summed E-state index contributed by atoms with van der Waals surface area (Å²) in [7, 11) is 0. The van der Waals surface area contributed by atoms with E-state index in [1.165, 1.54) is 30.4 Å². The lowest BCUT2D eigenvalue weighted by Gasteiger charge is -2.33. The number of aryl methyl sites for hydroxylation is 2. The number of hydrogen-bond acceptors (Lipinski definition) is 4. The number of rotatable bonds is 8. The smallest absolute Gasteiger partial charge is 0.244 e. The van der Waals surface area contributed by atoms with E-state index in [4.69, 9.17) is 4.42 Å². The van der Waals surface area contributed by atoms with Crippen molar-refractivity contribution in [1.82, 2.24) is 20.0 Å². The summed E-state index contributed by atoms with van der Waals surface area (Å²) in [6.45, 7) is 9.44. The SMILES string of the molecule is Cc1ccc(Cn2nc(C)c(/C=C/C(=O)NCC(c3ccco3)N3CCCCC3)c2C)cc1. The highest BCUT2D eigenvalue weighted by molar-refractivity contribution is 5.92. The van der Waals surface area contributed by atoms with Crippen molar-refractivity contribution in [2.45, 2.75) is 52.6 Å². The molecule has 1 fully saturated rings. The predicted molar refractivity (Wildman–Crippen MR) is 131 cm³/mol. The van der Waals surface area contributed by atoms with Crippen LogP contribution in [-0.2, 0) is 11.3 Å². The number of amides is 1. The minimum atomic E-state index is -0.103. The maximum atomic E-state index is 12.7. The van der Waals surface area contributed by atoms with Gasteiger partial charge in [-0.15, -0.1) is 0 Å². The Labute approximate surface area is 196 Å². The summed E-state index contributed by atoms with van der Waals surface area (Å²) in [6.07, 6.45) is 8.84. The zero-order valence-corrected chi connectivity index (χ0v) is 19.9. The number of carbonyl (C=O) groups excluding carboxylic acids is 1. The first-order valence-electron chi connectivity index (χ1n) is 11.8. The normalized spacial score (nSPS) is 15.7. The van der Waals surface area contributed by atoms with Gasteiger partial charge in [0.2, 0.25) is 5.91 Å². The molecule has 33 heavy (non-hydrogen) atoms. The van der Waals surface area contributed by atoms with E-state index in [2.05, 4.69) is 53.4 Å². The number of nitrogens with zero attached hydrogens (tertiary/aromatic N) is 3. The Hall–Kier alpha value is -3.12. The third-order valence-corrected chi connectivity index (χ3v) is 6.46. The fraction of sp³-hybridized carbons (Fsp3) is 0.407. The first kappa shape index (κ1) is 23.1. The van der Waals surface area contributed by atoms with Crippen molar-refractivity contribution < 1.29 is 9.21 Å². The molecule has 1 saturated heterocycles. The molecule has 6 nitrogen and oxygen atoms in total. The molecule has 1 atom stereocenters.